The number of phenols is 1. The van der Waals surface area contributed by atoms with Gasteiger partial charge in [-0.15, -0.1) is 0 Å². The molecule has 1 unspecified atom stereocenters. The summed E-state index contributed by atoms with van der Waals surface area (Å²) in [5.41, 5.74) is -0.813. The third-order valence-electron chi connectivity index (χ3n) is 4.34. The average molecular weight is 337 g/mol. The Morgan fingerprint density at radius 1 is 1.38 bits per heavy atom. The number of rotatable bonds is 4. The molecule has 1 aromatic carbocycles. The first-order valence-electron chi connectivity index (χ1n) is 8.19. The lowest BCUT2D eigenvalue weighted by molar-refractivity contribution is -0.00483. The molecule has 24 heavy (non-hydrogen) atoms. The Labute approximate surface area is 143 Å². The smallest absolute Gasteiger partial charge is 0.410 e. The number of aliphatic hydroxyl groups is 1. The molecule has 6 heteroatoms. The summed E-state index contributed by atoms with van der Waals surface area (Å²) in [5, 5.41) is 20.3. The predicted octanol–water partition coefficient (Wildman–Crippen LogP) is 2.71. The lowest BCUT2D eigenvalue weighted by Gasteiger charge is -2.38. The van der Waals surface area contributed by atoms with Crippen molar-refractivity contribution >= 4 is 6.09 Å². The number of carbonyl (C=O) groups excluding carboxylic acids is 1. The minimum absolute atomic E-state index is 0.0956. The van der Waals surface area contributed by atoms with E-state index in [1.54, 1.807) is 23.1 Å². The lowest BCUT2D eigenvalue weighted by Crippen LogP contribution is -2.53. The zero-order chi connectivity index (χ0) is 18.0. The van der Waals surface area contributed by atoms with Crippen LogP contribution in [0.5, 0.6) is 11.5 Å². The van der Waals surface area contributed by atoms with Gasteiger partial charge in [0.05, 0.1) is 19.3 Å². The van der Waals surface area contributed by atoms with E-state index < -0.39 is 17.2 Å². The largest absolute Gasteiger partial charge is 0.508 e. The molecule has 0 aliphatic carbocycles. The molecule has 6 nitrogen and oxygen atoms in total. The van der Waals surface area contributed by atoms with Gasteiger partial charge in [-0.05, 0) is 45.7 Å². The molecule has 2 rings (SSSR count). The molecule has 0 aromatic heterocycles. The van der Waals surface area contributed by atoms with Crippen LogP contribution in [0.1, 0.15) is 39.2 Å². The van der Waals surface area contributed by atoms with Crippen LogP contribution in [0.4, 0.5) is 4.79 Å². The number of likely N-dealkylation sites (tertiary alicyclic amines) is 1. The molecule has 1 aromatic rings. The second kappa shape index (κ2) is 6.89. The summed E-state index contributed by atoms with van der Waals surface area (Å²) in [6.45, 7) is 5.75. The molecule has 1 aliphatic heterocycles. The second-order valence-electron chi connectivity index (χ2n) is 7.25. The Morgan fingerprint density at radius 2 is 2.08 bits per heavy atom. The number of phenolic OH excluding ortho intramolecular Hbond substituents is 1. The topological polar surface area (TPSA) is 79.2 Å². The van der Waals surface area contributed by atoms with E-state index in [2.05, 4.69) is 0 Å². The van der Waals surface area contributed by atoms with E-state index in [4.69, 9.17) is 9.47 Å². The third kappa shape index (κ3) is 3.75. The van der Waals surface area contributed by atoms with E-state index in [0.29, 0.717) is 30.7 Å². The van der Waals surface area contributed by atoms with E-state index in [0.717, 1.165) is 6.42 Å². The van der Waals surface area contributed by atoms with Gasteiger partial charge in [-0.3, -0.25) is 4.90 Å². The number of ether oxygens (including phenoxy) is 2. The average Bonchev–Trinajstić information content (AvgIpc) is 2.92. The number of nitrogens with zero attached hydrogens (tertiary/aromatic N) is 1. The van der Waals surface area contributed by atoms with Crippen molar-refractivity contribution in [1.29, 1.82) is 0 Å². The molecule has 0 bridgehead atoms. The molecule has 1 atom stereocenters. The number of aliphatic hydroxyl groups excluding tert-OH is 1. The van der Waals surface area contributed by atoms with Gasteiger partial charge < -0.3 is 19.7 Å². The highest BCUT2D eigenvalue weighted by atomic mass is 16.6. The Morgan fingerprint density at radius 3 is 2.67 bits per heavy atom. The maximum atomic E-state index is 12.6. The van der Waals surface area contributed by atoms with Crippen LogP contribution in [0.2, 0.25) is 0 Å². The Balaban J connectivity index is 2.32. The van der Waals surface area contributed by atoms with E-state index in [-0.39, 0.29) is 12.4 Å². The summed E-state index contributed by atoms with van der Waals surface area (Å²) in [4.78, 5) is 14.2. The molecule has 1 fully saturated rings. The fourth-order valence-corrected chi connectivity index (χ4v) is 3.20. The summed E-state index contributed by atoms with van der Waals surface area (Å²) in [7, 11) is 1.53. The predicted molar refractivity (Wildman–Crippen MR) is 90.4 cm³/mol. The van der Waals surface area contributed by atoms with Crippen LogP contribution in [-0.4, -0.2) is 52.6 Å². The maximum Gasteiger partial charge on any atom is 0.410 e. The van der Waals surface area contributed by atoms with Crippen LogP contribution in [0, 0.1) is 0 Å². The number of amides is 1. The van der Waals surface area contributed by atoms with Gasteiger partial charge in [-0.2, -0.15) is 0 Å². The van der Waals surface area contributed by atoms with Crippen molar-refractivity contribution in [3.05, 3.63) is 23.8 Å². The summed E-state index contributed by atoms with van der Waals surface area (Å²) in [6, 6.07) is 5.03. The Hall–Kier alpha value is -1.95. The fraction of sp³-hybridized carbons (Fsp3) is 0.611. The molecule has 0 saturated carbocycles. The molecule has 1 amide bonds. The number of hydrogen-bond donors (Lipinski definition) is 2. The van der Waals surface area contributed by atoms with Gasteiger partial charge >= 0.3 is 6.09 Å². The van der Waals surface area contributed by atoms with E-state index in [1.807, 2.05) is 20.8 Å². The van der Waals surface area contributed by atoms with Crippen molar-refractivity contribution in [2.24, 2.45) is 0 Å². The third-order valence-corrected chi connectivity index (χ3v) is 4.34. The molecule has 0 radical (unpaired) electrons. The van der Waals surface area contributed by atoms with Crippen LogP contribution in [0.15, 0.2) is 18.2 Å². The molecular formula is C18H27NO5. The normalized spacial score (nSPS) is 21.0. The van der Waals surface area contributed by atoms with E-state index in [9.17, 15) is 15.0 Å². The van der Waals surface area contributed by atoms with Crippen LogP contribution in [0.3, 0.4) is 0 Å². The maximum absolute atomic E-state index is 12.6. The first kappa shape index (κ1) is 18.4. The fourth-order valence-electron chi connectivity index (χ4n) is 3.20. The quantitative estimate of drug-likeness (QED) is 0.883. The number of hydrogen-bond acceptors (Lipinski definition) is 5. The highest BCUT2D eigenvalue weighted by Crippen LogP contribution is 2.38. The number of aromatic hydroxyl groups is 1. The molecule has 1 aliphatic rings. The van der Waals surface area contributed by atoms with Crippen LogP contribution in [-0.2, 0) is 11.2 Å². The first-order valence-corrected chi connectivity index (χ1v) is 8.19. The van der Waals surface area contributed by atoms with Crippen LogP contribution in [0.25, 0.3) is 0 Å². The number of methoxy groups -OCH3 is 1. The standard InChI is InChI=1S/C18H27NO5/c1-17(2,3)24-16(22)19-10-6-9-18(19,12-20)11-13-14(21)7-5-8-15(13)23-4/h5,7-8,20-21H,6,9-12H2,1-4H3. The second-order valence-corrected chi connectivity index (χ2v) is 7.25. The summed E-state index contributed by atoms with van der Waals surface area (Å²) in [5.74, 6) is 0.636. The van der Waals surface area contributed by atoms with Crippen LogP contribution < -0.4 is 4.74 Å². The van der Waals surface area contributed by atoms with Crippen molar-refractivity contribution in [1.82, 2.24) is 4.90 Å². The van der Waals surface area contributed by atoms with Gasteiger partial charge in [0.25, 0.3) is 0 Å². The molecule has 2 N–H and O–H groups in total. The van der Waals surface area contributed by atoms with Crippen molar-refractivity contribution in [3.8, 4) is 11.5 Å². The molecule has 1 saturated heterocycles. The zero-order valence-corrected chi connectivity index (χ0v) is 14.8. The van der Waals surface area contributed by atoms with Crippen molar-refractivity contribution < 1.29 is 24.5 Å². The van der Waals surface area contributed by atoms with Crippen molar-refractivity contribution in [2.75, 3.05) is 20.3 Å². The van der Waals surface area contributed by atoms with E-state index >= 15 is 0 Å². The van der Waals surface area contributed by atoms with Gasteiger partial charge in [0.2, 0.25) is 0 Å². The minimum Gasteiger partial charge on any atom is -0.508 e. The monoisotopic (exact) mass is 337 g/mol. The van der Waals surface area contributed by atoms with Gasteiger partial charge in [0.1, 0.15) is 17.1 Å². The summed E-state index contributed by atoms with van der Waals surface area (Å²) >= 11 is 0. The summed E-state index contributed by atoms with van der Waals surface area (Å²) in [6.07, 6.45) is 1.28. The summed E-state index contributed by atoms with van der Waals surface area (Å²) < 4.78 is 10.8. The van der Waals surface area contributed by atoms with Gasteiger partial charge in [-0.25, -0.2) is 4.79 Å². The zero-order valence-electron chi connectivity index (χ0n) is 14.8. The van der Waals surface area contributed by atoms with Crippen molar-refractivity contribution in [2.45, 2.75) is 51.2 Å². The Bertz CT molecular complexity index is 596. The van der Waals surface area contributed by atoms with Gasteiger partial charge in [0, 0.05) is 18.5 Å². The molecular weight excluding hydrogens is 310 g/mol. The van der Waals surface area contributed by atoms with Gasteiger partial charge in [-0.1, -0.05) is 6.07 Å². The number of benzene rings is 1. The van der Waals surface area contributed by atoms with Crippen molar-refractivity contribution in [3.63, 3.8) is 0 Å². The lowest BCUT2D eigenvalue weighted by atomic mass is 9.88. The van der Waals surface area contributed by atoms with E-state index in [1.165, 1.54) is 7.11 Å². The SMILES string of the molecule is COc1cccc(O)c1CC1(CO)CCCN1C(=O)OC(C)(C)C. The molecule has 1 heterocycles. The van der Waals surface area contributed by atoms with Gasteiger partial charge in [0.15, 0.2) is 0 Å². The highest BCUT2D eigenvalue weighted by Gasteiger charge is 2.45. The Kier molecular flexibility index (Phi) is 5.28. The van der Waals surface area contributed by atoms with Crippen LogP contribution >= 0.6 is 0 Å². The highest BCUT2D eigenvalue weighted by molar-refractivity contribution is 5.70. The first-order chi connectivity index (χ1) is 11.2. The number of carbonyl (C=O) groups is 1. The molecule has 0 spiro atoms. The molecule has 134 valence electrons. The minimum atomic E-state index is -0.797.